The lowest BCUT2D eigenvalue weighted by atomic mass is 9.56. The minimum absolute atomic E-state index is 0.116. The van der Waals surface area contributed by atoms with Crippen molar-refractivity contribution in [2.75, 3.05) is 0 Å². The number of benzene rings is 2. The van der Waals surface area contributed by atoms with Gasteiger partial charge in [0.05, 0.1) is 0 Å². The average molecular weight is 414 g/mol. The highest BCUT2D eigenvalue weighted by atomic mass is 19.2. The molecule has 1 fully saturated rings. The Morgan fingerprint density at radius 3 is 1.83 bits per heavy atom. The van der Waals surface area contributed by atoms with Crippen molar-refractivity contribution in [1.82, 2.24) is 0 Å². The van der Waals surface area contributed by atoms with Crippen LogP contribution < -0.4 is 0 Å². The Morgan fingerprint density at radius 1 is 0.733 bits per heavy atom. The molecule has 0 heterocycles. The smallest absolute Gasteiger partial charge is 0.200 e. The molecule has 0 atom stereocenters. The van der Waals surface area contributed by atoms with E-state index < -0.39 is 39.9 Å². The SMILES string of the molecule is Cc1ccc(/C=C/C23CCC(/C=C/c4ccc(O)c(F)c4F)(CC2)C(F)=C3F)cc1. The van der Waals surface area contributed by atoms with Crippen LogP contribution in [-0.2, 0) is 0 Å². The molecule has 2 aromatic rings. The van der Waals surface area contributed by atoms with Gasteiger partial charge in [0.2, 0.25) is 5.82 Å². The first-order valence-electron chi connectivity index (χ1n) is 9.95. The van der Waals surface area contributed by atoms with E-state index >= 15 is 8.78 Å². The van der Waals surface area contributed by atoms with Crippen molar-refractivity contribution in [2.24, 2.45) is 10.8 Å². The van der Waals surface area contributed by atoms with E-state index in [4.69, 9.17) is 0 Å². The number of phenols is 1. The van der Waals surface area contributed by atoms with Crippen LogP contribution in [0.25, 0.3) is 12.2 Å². The summed E-state index contributed by atoms with van der Waals surface area (Å²) in [6, 6.07) is 10.0. The molecule has 3 aliphatic rings. The number of phenolic OH excluding ortho intramolecular Hbond substituents is 1. The van der Waals surface area contributed by atoms with Gasteiger partial charge in [-0.05, 0) is 50.3 Å². The average Bonchev–Trinajstić information content (AvgIpc) is 2.76. The molecule has 0 unspecified atom stereocenters. The summed E-state index contributed by atoms with van der Waals surface area (Å²) in [5.41, 5.74) is -0.172. The molecule has 1 saturated carbocycles. The van der Waals surface area contributed by atoms with Crippen molar-refractivity contribution in [1.29, 1.82) is 0 Å². The molecule has 1 N–H and O–H groups in total. The number of allylic oxidation sites excluding steroid dienone is 4. The van der Waals surface area contributed by atoms with Crippen molar-refractivity contribution in [3.8, 4) is 5.75 Å². The third-order valence-electron chi connectivity index (χ3n) is 6.45. The maximum absolute atomic E-state index is 15.1. The first-order valence-corrected chi connectivity index (χ1v) is 9.95. The highest BCUT2D eigenvalue weighted by Crippen LogP contribution is 2.62. The van der Waals surface area contributed by atoms with Crippen molar-refractivity contribution in [3.05, 3.63) is 88.5 Å². The van der Waals surface area contributed by atoms with E-state index in [0.717, 1.165) is 17.2 Å². The molecular formula is C25H22F4O. The standard InChI is InChI=1S/C25H22F4O/c1-16-2-4-17(5-3-16)8-10-24-12-14-25(15-13-24,23(29)22(24)28)11-9-18-6-7-19(30)21(27)20(18)26/h2-11,30H,12-15H2,1H3/b10-8+,11-9+. The van der Waals surface area contributed by atoms with Crippen LogP contribution in [0.5, 0.6) is 5.75 Å². The van der Waals surface area contributed by atoms with Crippen LogP contribution in [0.3, 0.4) is 0 Å². The van der Waals surface area contributed by atoms with Crippen molar-refractivity contribution < 1.29 is 22.7 Å². The van der Waals surface area contributed by atoms with Gasteiger partial charge < -0.3 is 5.11 Å². The molecule has 0 aliphatic heterocycles. The van der Waals surface area contributed by atoms with E-state index in [2.05, 4.69) is 0 Å². The number of halogens is 4. The van der Waals surface area contributed by atoms with Crippen LogP contribution in [0.15, 0.2) is 60.2 Å². The maximum atomic E-state index is 15.1. The molecule has 0 aromatic heterocycles. The third-order valence-corrected chi connectivity index (χ3v) is 6.45. The lowest BCUT2D eigenvalue weighted by Crippen LogP contribution is -2.40. The fourth-order valence-corrected chi connectivity index (χ4v) is 4.36. The maximum Gasteiger partial charge on any atom is 0.200 e. The molecular weight excluding hydrogens is 392 g/mol. The van der Waals surface area contributed by atoms with Crippen molar-refractivity contribution in [2.45, 2.75) is 32.6 Å². The number of aromatic hydroxyl groups is 1. The van der Waals surface area contributed by atoms with Crippen LogP contribution in [0.4, 0.5) is 17.6 Å². The monoisotopic (exact) mass is 414 g/mol. The van der Waals surface area contributed by atoms with Crippen LogP contribution in [0.1, 0.15) is 42.4 Å². The lowest BCUT2D eigenvalue weighted by Gasteiger charge is -2.48. The first kappa shape index (κ1) is 20.5. The molecule has 0 spiro atoms. The highest BCUT2D eigenvalue weighted by molar-refractivity contribution is 5.56. The van der Waals surface area contributed by atoms with E-state index in [0.29, 0.717) is 25.7 Å². The lowest BCUT2D eigenvalue weighted by molar-refractivity contribution is 0.108. The Morgan fingerprint density at radius 2 is 1.27 bits per heavy atom. The van der Waals surface area contributed by atoms with Crippen LogP contribution in [-0.4, -0.2) is 5.11 Å². The van der Waals surface area contributed by atoms with Gasteiger partial charge in [-0.2, -0.15) is 4.39 Å². The zero-order valence-corrected chi connectivity index (χ0v) is 16.6. The molecule has 5 rings (SSSR count). The summed E-state index contributed by atoms with van der Waals surface area (Å²) >= 11 is 0. The molecule has 3 aliphatic carbocycles. The number of hydrogen-bond donors (Lipinski definition) is 1. The molecule has 5 heteroatoms. The van der Waals surface area contributed by atoms with Crippen LogP contribution in [0.2, 0.25) is 0 Å². The zero-order chi connectivity index (χ0) is 21.5. The summed E-state index contributed by atoms with van der Waals surface area (Å²) < 4.78 is 57.8. The van der Waals surface area contributed by atoms with E-state index in [9.17, 15) is 13.9 Å². The van der Waals surface area contributed by atoms with Gasteiger partial charge in [0.15, 0.2) is 11.6 Å². The van der Waals surface area contributed by atoms with Crippen LogP contribution in [0, 0.1) is 29.4 Å². The molecule has 2 bridgehead atoms. The minimum Gasteiger partial charge on any atom is -0.505 e. The minimum atomic E-state index is -1.36. The van der Waals surface area contributed by atoms with E-state index in [1.807, 2.05) is 37.3 Å². The molecule has 2 aromatic carbocycles. The number of fused-ring (bicyclic) bond motifs is 2. The molecule has 1 nitrogen and oxygen atoms in total. The van der Waals surface area contributed by atoms with E-state index in [1.54, 1.807) is 6.08 Å². The van der Waals surface area contributed by atoms with Gasteiger partial charge in [0.25, 0.3) is 0 Å². The van der Waals surface area contributed by atoms with Gasteiger partial charge in [0, 0.05) is 16.4 Å². The highest BCUT2D eigenvalue weighted by Gasteiger charge is 2.53. The predicted octanol–water partition coefficient (Wildman–Crippen LogP) is 7.42. The third kappa shape index (κ3) is 3.36. The first-order chi connectivity index (χ1) is 14.3. The summed E-state index contributed by atoms with van der Waals surface area (Å²) in [5, 5.41) is 9.23. The largest absolute Gasteiger partial charge is 0.505 e. The number of hydrogen-bond acceptors (Lipinski definition) is 1. The van der Waals surface area contributed by atoms with Gasteiger partial charge in [-0.15, -0.1) is 0 Å². The summed E-state index contributed by atoms with van der Waals surface area (Å²) in [7, 11) is 0. The topological polar surface area (TPSA) is 20.2 Å². The molecule has 30 heavy (non-hydrogen) atoms. The molecule has 0 saturated heterocycles. The van der Waals surface area contributed by atoms with E-state index in [-0.39, 0.29) is 5.56 Å². The summed E-state index contributed by atoms with van der Waals surface area (Å²) in [4.78, 5) is 0. The number of rotatable bonds is 4. The van der Waals surface area contributed by atoms with Gasteiger partial charge in [-0.25, -0.2) is 13.2 Å². The fraction of sp³-hybridized carbons (Fsp3) is 0.280. The van der Waals surface area contributed by atoms with Gasteiger partial charge >= 0.3 is 0 Å². The Hall–Kier alpha value is -2.82. The Balaban J connectivity index is 1.63. The van der Waals surface area contributed by atoms with Crippen LogP contribution >= 0.6 is 0 Å². The quantitative estimate of drug-likeness (QED) is 0.516. The second kappa shape index (κ2) is 7.46. The normalized spacial score (nSPS) is 26.3. The van der Waals surface area contributed by atoms with Crippen molar-refractivity contribution >= 4 is 12.2 Å². The second-order valence-corrected chi connectivity index (χ2v) is 8.32. The Bertz CT molecular complexity index is 1060. The van der Waals surface area contributed by atoms with E-state index in [1.165, 1.54) is 18.2 Å². The fourth-order valence-electron chi connectivity index (χ4n) is 4.36. The summed E-state index contributed by atoms with van der Waals surface area (Å²) in [6.07, 6.45) is 7.92. The van der Waals surface area contributed by atoms with Crippen molar-refractivity contribution in [3.63, 3.8) is 0 Å². The second-order valence-electron chi connectivity index (χ2n) is 8.32. The van der Waals surface area contributed by atoms with Gasteiger partial charge in [-0.1, -0.05) is 54.1 Å². The van der Waals surface area contributed by atoms with Gasteiger partial charge in [-0.3, -0.25) is 0 Å². The predicted molar refractivity (Wildman–Crippen MR) is 110 cm³/mol. The number of aryl methyl sites for hydroxylation is 1. The molecule has 156 valence electrons. The molecule has 0 radical (unpaired) electrons. The zero-order valence-electron chi connectivity index (χ0n) is 16.6. The molecule has 0 amide bonds. The summed E-state index contributed by atoms with van der Waals surface area (Å²) in [6.45, 7) is 1.98. The Labute approximate surface area is 173 Å². The van der Waals surface area contributed by atoms with Gasteiger partial charge in [0.1, 0.15) is 11.7 Å². The Kier molecular flexibility index (Phi) is 5.08. The summed E-state index contributed by atoms with van der Waals surface area (Å²) in [5.74, 6) is -4.96.